The number of nitrogen functional groups attached to an aromatic ring is 1. The maximum atomic E-state index is 6.12. The molecule has 0 saturated carbocycles. The molecule has 128 valence electrons. The van der Waals surface area contributed by atoms with Gasteiger partial charge in [0.25, 0.3) is 0 Å². The van der Waals surface area contributed by atoms with E-state index >= 15 is 0 Å². The van der Waals surface area contributed by atoms with Gasteiger partial charge in [0.15, 0.2) is 0 Å². The van der Waals surface area contributed by atoms with Crippen molar-refractivity contribution in [1.82, 2.24) is 10.9 Å². The molecule has 1 heterocycles. The lowest BCUT2D eigenvalue weighted by Gasteiger charge is -2.17. The molecule has 0 bridgehead atoms. The number of ether oxygens (including phenoxy) is 1. The zero-order valence-electron chi connectivity index (χ0n) is 14.5. The van der Waals surface area contributed by atoms with Crippen LogP contribution in [-0.2, 0) is 0 Å². The Balaban J connectivity index is 1.59. The molecule has 4 nitrogen and oxygen atoms in total. The fraction of sp³-hybridized carbons (Fsp3) is 0.400. The van der Waals surface area contributed by atoms with Crippen LogP contribution in [0.3, 0.4) is 0 Å². The molecule has 0 amide bonds. The van der Waals surface area contributed by atoms with Crippen molar-refractivity contribution in [2.24, 2.45) is 0 Å². The maximum absolute atomic E-state index is 6.12. The quantitative estimate of drug-likeness (QED) is 0.708. The molecule has 1 fully saturated rings. The molecule has 3 rings (SSSR count). The lowest BCUT2D eigenvalue weighted by atomic mass is 9.98. The van der Waals surface area contributed by atoms with Gasteiger partial charge in [0, 0.05) is 11.7 Å². The van der Waals surface area contributed by atoms with Gasteiger partial charge < -0.3 is 10.5 Å². The molecule has 3 atom stereocenters. The van der Waals surface area contributed by atoms with Crippen molar-refractivity contribution < 1.29 is 4.74 Å². The van der Waals surface area contributed by atoms with Gasteiger partial charge in [-0.3, -0.25) is 5.43 Å². The van der Waals surface area contributed by atoms with Gasteiger partial charge >= 0.3 is 0 Å². The summed E-state index contributed by atoms with van der Waals surface area (Å²) in [6.07, 6.45) is 2.09. The van der Waals surface area contributed by atoms with Crippen LogP contribution in [0.5, 0.6) is 5.75 Å². The third-order valence-corrected chi connectivity index (χ3v) is 4.80. The minimum atomic E-state index is 0.270. The Morgan fingerprint density at radius 1 is 1.17 bits per heavy atom. The Morgan fingerprint density at radius 3 is 2.79 bits per heavy atom. The second-order valence-electron chi connectivity index (χ2n) is 6.60. The first kappa shape index (κ1) is 16.8. The molecule has 2 aromatic rings. The summed E-state index contributed by atoms with van der Waals surface area (Å²) in [5.41, 5.74) is 15.9. The highest BCUT2D eigenvalue weighted by atomic mass is 16.5. The summed E-state index contributed by atoms with van der Waals surface area (Å²) < 4.78 is 6.12. The Kier molecular flexibility index (Phi) is 5.38. The van der Waals surface area contributed by atoms with Gasteiger partial charge in [-0.2, -0.15) is 0 Å². The number of benzene rings is 2. The number of nitrogens with one attached hydrogen (secondary N) is 2. The second kappa shape index (κ2) is 7.69. The molecule has 1 aliphatic rings. The monoisotopic (exact) mass is 325 g/mol. The van der Waals surface area contributed by atoms with Crippen molar-refractivity contribution in [3.05, 3.63) is 59.7 Å². The molecule has 0 spiro atoms. The molecule has 1 saturated heterocycles. The lowest BCUT2D eigenvalue weighted by molar-refractivity contribution is 0.269. The molecule has 4 N–H and O–H groups in total. The summed E-state index contributed by atoms with van der Waals surface area (Å²) in [4.78, 5) is 0. The summed E-state index contributed by atoms with van der Waals surface area (Å²) in [6, 6.07) is 17.0. The molecule has 3 unspecified atom stereocenters. The molecule has 0 aliphatic carbocycles. The zero-order valence-corrected chi connectivity index (χ0v) is 14.5. The Morgan fingerprint density at radius 2 is 2.00 bits per heavy atom. The summed E-state index contributed by atoms with van der Waals surface area (Å²) in [5.74, 6) is 1.51. The Bertz CT molecular complexity index is 673. The molecule has 2 aromatic carbocycles. The van der Waals surface area contributed by atoms with Crippen molar-refractivity contribution in [2.45, 2.75) is 44.7 Å². The molecular weight excluding hydrogens is 298 g/mol. The average Bonchev–Trinajstić information content (AvgIpc) is 3.08. The predicted molar refractivity (Wildman–Crippen MR) is 98.9 cm³/mol. The second-order valence-corrected chi connectivity index (χ2v) is 6.60. The van der Waals surface area contributed by atoms with Gasteiger partial charge in [-0.15, -0.1) is 0 Å². The van der Waals surface area contributed by atoms with E-state index in [-0.39, 0.29) is 12.1 Å². The van der Waals surface area contributed by atoms with E-state index in [1.165, 1.54) is 11.1 Å². The van der Waals surface area contributed by atoms with E-state index in [4.69, 9.17) is 10.5 Å². The topological polar surface area (TPSA) is 59.3 Å². The van der Waals surface area contributed by atoms with E-state index in [2.05, 4.69) is 49.0 Å². The van der Waals surface area contributed by atoms with E-state index < -0.39 is 0 Å². The number of hydrogen-bond donors (Lipinski definition) is 3. The minimum absolute atomic E-state index is 0.270. The smallest absolute Gasteiger partial charge is 0.122 e. The SMILES string of the molecule is CCC(C)c1ccccc1OCC1CC(c2cccc(N)c2)NN1. The standard InChI is InChI=1S/C20H27N3O/c1-3-14(2)18-9-4-5-10-20(18)24-13-17-12-19(23-22-17)15-7-6-8-16(21)11-15/h4-11,14,17,19,22-23H,3,12-13,21H2,1-2H3. The third-order valence-electron chi connectivity index (χ3n) is 4.80. The predicted octanol–water partition coefficient (Wildman–Crippen LogP) is 3.77. The Hall–Kier alpha value is -2.04. The van der Waals surface area contributed by atoms with Crippen molar-refractivity contribution in [3.8, 4) is 5.75 Å². The molecule has 0 aromatic heterocycles. The number of hydrazine groups is 1. The first-order valence-electron chi connectivity index (χ1n) is 8.75. The van der Waals surface area contributed by atoms with E-state index in [9.17, 15) is 0 Å². The van der Waals surface area contributed by atoms with Gasteiger partial charge in [0.1, 0.15) is 12.4 Å². The fourth-order valence-electron chi connectivity index (χ4n) is 3.16. The van der Waals surface area contributed by atoms with Crippen molar-refractivity contribution in [3.63, 3.8) is 0 Å². The van der Waals surface area contributed by atoms with Crippen molar-refractivity contribution >= 4 is 5.69 Å². The fourth-order valence-corrected chi connectivity index (χ4v) is 3.16. The maximum Gasteiger partial charge on any atom is 0.122 e. The van der Waals surface area contributed by atoms with Crippen molar-refractivity contribution in [2.75, 3.05) is 12.3 Å². The molecule has 0 radical (unpaired) electrons. The van der Waals surface area contributed by atoms with E-state index in [0.29, 0.717) is 12.5 Å². The van der Waals surface area contributed by atoms with Gasteiger partial charge in [-0.1, -0.05) is 44.2 Å². The largest absolute Gasteiger partial charge is 0.492 e. The van der Waals surface area contributed by atoms with E-state index in [1.54, 1.807) is 0 Å². The van der Waals surface area contributed by atoms with E-state index in [1.807, 2.05) is 24.3 Å². The van der Waals surface area contributed by atoms with Crippen LogP contribution in [0.15, 0.2) is 48.5 Å². The summed E-state index contributed by atoms with van der Waals surface area (Å²) in [6.45, 7) is 5.10. The van der Waals surface area contributed by atoms with E-state index in [0.717, 1.165) is 24.3 Å². The first-order chi connectivity index (χ1) is 11.7. The molecule has 4 heteroatoms. The van der Waals surface area contributed by atoms with Crippen LogP contribution in [0.1, 0.15) is 49.8 Å². The number of anilines is 1. The van der Waals surface area contributed by atoms with Gasteiger partial charge in [-0.25, -0.2) is 5.43 Å². The first-order valence-corrected chi connectivity index (χ1v) is 8.75. The lowest BCUT2D eigenvalue weighted by Crippen LogP contribution is -2.34. The molecule has 1 aliphatic heterocycles. The average molecular weight is 325 g/mol. The summed E-state index contributed by atoms with van der Waals surface area (Å²) >= 11 is 0. The highest BCUT2D eigenvalue weighted by Gasteiger charge is 2.25. The van der Waals surface area contributed by atoms with Crippen LogP contribution in [0, 0.1) is 0 Å². The van der Waals surface area contributed by atoms with Crippen LogP contribution in [0.25, 0.3) is 0 Å². The number of nitrogens with two attached hydrogens (primary N) is 1. The van der Waals surface area contributed by atoms with Crippen LogP contribution >= 0.6 is 0 Å². The van der Waals surface area contributed by atoms with Crippen LogP contribution < -0.4 is 21.3 Å². The Labute approximate surface area is 144 Å². The summed E-state index contributed by atoms with van der Waals surface area (Å²) in [5, 5.41) is 0. The summed E-state index contributed by atoms with van der Waals surface area (Å²) in [7, 11) is 0. The molecule has 24 heavy (non-hydrogen) atoms. The minimum Gasteiger partial charge on any atom is -0.492 e. The highest BCUT2D eigenvalue weighted by Crippen LogP contribution is 2.29. The van der Waals surface area contributed by atoms with Crippen LogP contribution in [0.4, 0.5) is 5.69 Å². The normalized spacial score (nSPS) is 21.6. The van der Waals surface area contributed by atoms with Crippen LogP contribution in [-0.4, -0.2) is 12.6 Å². The number of hydrogen-bond acceptors (Lipinski definition) is 4. The zero-order chi connectivity index (χ0) is 16.9. The van der Waals surface area contributed by atoms with Gasteiger partial charge in [0.05, 0.1) is 6.04 Å². The van der Waals surface area contributed by atoms with Crippen LogP contribution in [0.2, 0.25) is 0 Å². The third kappa shape index (κ3) is 3.89. The number of rotatable bonds is 6. The van der Waals surface area contributed by atoms with Crippen molar-refractivity contribution in [1.29, 1.82) is 0 Å². The van der Waals surface area contributed by atoms with Gasteiger partial charge in [-0.05, 0) is 48.1 Å². The van der Waals surface area contributed by atoms with Gasteiger partial charge in [0.2, 0.25) is 0 Å². The number of para-hydroxylation sites is 1. The highest BCUT2D eigenvalue weighted by molar-refractivity contribution is 5.42. The molecular formula is C20H27N3O.